The summed E-state index contributed by atoms with van der Waals surface area (Å²) in [5.74, 6) is -0.174. The van der Waals surface area contributed by atoms with Crippen molar-refractivity contribution < 1.29 is 4.39 Å². The summed E-state index contributed by atoms with van der Waals surface area (Å²) in [6.45, 7) is 5.18. The van der Waals surface area contributed by atoms with Crippen LogP contribution in [0.25, 0.3) is 0 Å². The average Bonchev–Trinajstić information content (AvgIpc) is 2.98. The van der Waals surface area contributed by atoms with E-state index in [1.165, 1.54) is 10.4 Å². The van der Waals surface area contributed by atoms with E-state index < -0.39 is 0 Å². The van der Waals surface area contributed by atoms with Crippen molar-refractivity contribution in [2.45, 2.75) is 25.3 Å². The summed E-state index contributed by atoms with van der Waals surface area (Å²) in [5.41, 5.74) is 6.98. The first kappa shape index (κ1) is 16.2. The summed E-state index contributed by atoms with van der Waals surface area (Å²) in [4.78, 5) is 7.70. The average molecular weight is 328 g/mol. The summed E-state index contributed by atoms with van der Waals surface area (Å²) in [6, 6.07) is 6.91. The van der Waals surface area contributed by atoms with Crippen LogP contribution in [0.5, 0.6) is 0 Å². The summed E-state index contributed by atoms with van der Waals surface area (Å²) in [5, 5.41) is 0.625. The molecule has 6 heteroatoms. The van der Waals surface area contributed by atoms with E-state index in [1.807, 2.05) is 18.3 Å². The molecule has 3 rings (SSSR count). The Balaban J connectivity index is 0.00000161. The molecule has 0 spiro atoms. The second kappa shape index (κ2) is 6.30. The fraction of sp³-hybridized carbons (Fsp3) is 0.400. The van der Waals surface area contributed by atoms with Crippen molar-refractivity contribution in [1.82, 2.24) is 9.88 Å². The molecule has 0 bridgehead atoms. The Morgan fingerprint density at radius 3 is 2.71 bits per heavy atom. The molecule has 0 saturated carbocycles. The van der Waals surface area contributed by atoms with Crippen molar-refractivity contribution >= 4 is 28.9 Å². The summed E-state index contributed by atoms with van der Waals surface area (Å²) < 4.78 is 13.0. The lowest BCUT2D eigenvalue weighted by Crippen LogP contribution is -2.27. The first-order chi connectivity index (χ1) is 9.55. The zero-order valence-corrected chi connectivity index (χ0v) is 13.5. The number of nitrogen functional groups attached to an aromatic ring is 1. The monoisotopic (exact) mass is 327 g/mol. The van der Waals surface area contributed by atoms with Crippen LogP contribution >= 0.6 is 23.7 Å². The predicted octanol–water partition coefficient (Wildman–Crippen LogP) is 3.45. The summed E-state index contributed by atoms with van der Waals surface area (Å²) >= 11 is 1.55. The van der Waals surface area contributed by atoms with Crippen molar-refractivity contribution in [3.8, 4) is 0 Å². The number of thiazole rings is 1. The molecule has 1 aliphatic rings. The van der Waals surface area contributed by atoms with Gasteiger partial charge >= 0.3 is 0 Å². The molecule has 114 valence electrons. The highest BCUT2D eigenvalue weighted by Crippen LogP contribution is 2.35. The van der Waals surface area contributed by atoms with Crippen LogP contribution in [-0.2, 0) is 12.0 Å². The third kappa shape index (κ3) is 3.54. The smallest absolute Gasteiger partial charge is 0.180 e. The molecule has 0 amide bonds. The number of rotatable bonds is 3. The van der Waals surface area contributed by atoms with E-state index in [0.717, 1.165) is 26.1 Å². The number of aromatic nitrogens is 1. The maximum atomic E-state index is 13.0. The van der Waals surface area contributed by atoms with E-state index in [2.05, 4.69) is 16.8 Å². The maximum Gasteiger partial charge on any atom is 0.180 e. The molecular formula is C15H19ClFN3S. The Morgan fingerprint density at radius 2 is 2.10 bits per heavy atom. The van der Waals surface area contributed by atoms with E-state index in [-0.39, 0.29) is 23.6 Å². The highest BCUT2D eigenvalue weighted by Gasteiger charge is 2.35. The molecule has 1 unspecified atom stereocenters. The van der Waals surface area contributed by atoms with Crippen LogP contribution in [0.3, 0.4) is 0 Å². The lowest BCUT2D eigenvalue weighted by molar-refractivity contribution is 0.311. The van der Waals surface area contributed by atoms with E-state index in [9.17, 15) is 4.39 Å². The minimum Gasteiger partial charge on any atom is -0.375 e. The van der Waals surface area contributed by atoms with Crippen molar-refractivity contribution in [2.24, 2.45) is 0 Å². The Bertz CT molecular complexity index is 601. The van der Waals surface area contributed by atoms with Gasteiger partial charge in [-0.15, -0.1) is 23.7 Å². The van der Waals surface area contributed by atoms with Gasteiger partial charge in [0.25, 0.3) is 0 Å². The first-order valence-electron chi connectivity index (χ1n) is 6.74. The number of hydrogen-bond donors (Lipinski definition) is 1. The molecule has 1 aromatic carbocycles. The van der Waals surface area contributed by atoms with Gasteiger partial charge in [-0.1, -0.05) is 19.1 Å². The summed E-state index contributed by atoms with van der Waals surface area (Å²) in [6.07, 6.45) is 2.94. The first-order valence-corrected chi connectivity index (χ1v) is 7.55. The standard InChI is InChI=1S/C15H18FN3S.ClH/c1-15(11-2-4-12(16)5-3-11)6-7-19(10-15)9-13-8-18-14(17)20-13;/h2-5,8H,6-7,9-10H2,1H3,(H2,17,18);1H. The molecule has 2 N–H and O–H groups in total. The van der Waals surface area contributed by atoms with Crippen LogP contribution in [0.2, 0.25) is 0 Å². The van der Waals surface area contributed by atoms with Crippen LogP contribution in [0.15, 0.2) is 30.5 Å². The number of halogens is 2. The Labute approximate surface area is 134 Å². The van der Waals surface area contributed by atoms with Gasteiger partial charge in [-0.3, -0.25) is 4.90 Å². The molecule has 2 heterocycles. The largest absolute Gasteiger partial charge is 0.375 e. The fourth-order valence-corrected chi connectivity index (χ4v) is 3.62. The molecule has 1 fully saturated rings. The van der Waals surface area contributed by atoms with E-state index in [4.69, 9.17) is 5.73 Å². The zero-order valence-electron chi connectivity index (χ0n) is 11.9. The minimum absolute atomic E-state index is 0. The maximum absolute atomic E-state index is 13.0. The third-order valence-electron chi connectivity index (χ3n) is 4.04. The lowest BCUT2D eigenvalue weighted by atomic mass is 9.82. The number of benzene rings is 1. The van der Waals surface area contributed by atoms with Crippen molar-refractivity contribution in [3.63, 3.8) is 0 Å². The highest BCUT2D eigenvalue weighted by molar-refractivity contribution is 7.15. The molecular weight excluding hydrogens is 309 g/mol. The third-order valence-corrected chi connectivity index (χ3v) is 4.86. The molecule has 1 aliphatic heterocycles. The normalized spacial score (nSPS) is 22.2. The van der Waals surface area contributed by atoms with E-state index in [1.54, 1.807) is 23.5 Å². The van der Waals surface area contributed by atoms with Gasteiger partial charge in [0.05, 0.1) is 0 Å². The number of likely N-dealkylation sites (tertiary alicyclic amines) is 1. The predicted molar refractivity (Wildman–Crippen MR) is 87.4 cm³/mol. The van der Waals surface area contributed by atoms with Crippen LogP contribution in [0, 0.1) is 5.82 Å². The molecule has 1 atom stereocenters. The Hall–Kier alpha value is -1.17. The molecule has 0 aliphatic carbocycles. The van der Waals surface area contributed by atoms with Gasteiger partial charge in [-0.25, -0.2) is 9.37 Å². The minimum atomic E-state index is -0.174. The van der Waals surface area contributed by atoms with Crippen molar-refractivity contribution in [3.05, 3.63) is 46.7 Å². The van der Waals surface area contributed by atoms with Gasteiger partial charge < -0.3 is 5.73 Å². The zero-order chi connectivity index (χ0) is 14.2. The van der Waals surface area contributed by atoms with Gasteiger partial charge in [0.2, 0.25) is 0 Å². The quantitative estimate of drug-likeness (QED) is 0.939. The van der Waals surface area contributed by atoms with Crippen molar-refractivity contribution in [2.75, 3.05) is 18.8 Å². The number of nitrogens with two attached hydrogens (primary N) is 1. The van der Waals surface area contributed by atoms with Crippen LogP contribution in [0.1, 0.15) is 23.8 Å². The molecule has 1 aromatic heterocycles. The van der Waals surface area contributed by atoms with Gasteiger partial charge in [0.15, 0.2) is 5.13 Å². The lowest BCUT2D eigenvalue weighted by Gasteiger charge is -2.25. The van der Waals surface area contributed by atoms with Gasteiger partial charge in [-0.05, 0) is 30.7 Å². The number of anilines is 1. The van der Waals surface area contributed by atoms with Crippen LogP contribution in [-0.4, -0.2) is 23.0 Å². The second-order valence-corrected chi connectivity index (χ2v) is 6.84. The topological polar surface area (TPSA) is 42.2 Å². The van der Waals surface area contributed by atoms with E-state index >= 15 is 0 Å². The highest BCUT2D eigenvalue weighted by atomic mass is 35.5. The van der Waals surface area contributed by atoms with Crippen LogP contribution in [0.4, 0.5) is 9.52 Å². The Kier molecular flexibility index (Phi) is 4.86. The van der Waals surface area contributed by atoms with Crippen LogP contribution < -0.4 is 5.73 Å². The molecule has 1 saturated heterocycles. The van der Waals surface area contributed by atoms with Gasteiger partial charge in [0, 0.05) is 29.6 Å². The van der Waals surface area contributed by atoms with Gasteiger partial charge in [0.1, 0.15) is 5.82 Å². The van der Waals surface area contributed by atoms with E-state index in [0.29, 0.717) is 5.13 Å². The summed E-state index contributed by atoms with van der Waals surface area (Å²) in [7, 11) is 0. The van der Waals surface area contributed by atoms with Gasteiger partial charge in [-0.2, -0.15) is 0 Å². The second-order valence-electron chi connectivity index (χ2n) is 5.69. The fourth-order valence-electron chi connectivity index (χ4n) is 2.90. The molecule has 21 heavy (non-hydrogen) atoms. The Morgan fingerprint density at radius 1 is 1.38 bits per heavy atom. The number of nitrogens with zero attached hydrogens (tertiary/aromatic N) is 2. The molecule has 3 nitrogen and oxygen atoms in total. The van der Waals surface area contributed by atoms with Crippen molar-refractivity contribution in [1.29, 1.82) is 0 Å². The molecule has 2 aromatic rings. The molecule has 0 radical (unpaired) electrons. The number of hydrogen-bond acceptors (Lipinski definition) is 4. The SMILES string of the molecule is CC1(c2ccc(F)cc2)CCN(Cc2cnc(N)s2)C1.Cl.